The second-order valence-corrected chi connectivity index (χ2v) is 5.87. The number of fused-ring (bicyclic) bond motifs is 1. The number of hydrogen-bond acceptors (Lipinski definition) is 3. The van der Waals surface area contributed by atoms with E-state index in [4.69, 9.17) is 0 Å². The Bertz CT molecular complexity index is 780. The molecule has 0 fully saturated rings. The van der Waals surface area contributed by atoms with Crippen molar-refractivity contribution in [2.24, 2.45) is 0 Å². The summed E-state index contributed by atoms with van der Waals surface area (Å²) in [7, 11) is 0. The van der Waals surface area contributed by atoms with Crippen molar-refractivity contribution in [2.75, 3.05) is 0 Å². The van der Waals surface area contributed by atoms with E-state index in [1.165, 1.54) is 0 Å². The molecule has 0 saturated carbocycles. The van der Waals surface area contributed by atoms with Crippen molar-refractivity contribution in [1.29, 1.82) is 0 Å². The molecule has 0 unspecified atom stereocenters. The number of rotatable bonds is 2. The smallest absolute Gasteiger partial charge is 0.234 e. The lowest BCUT2D eigenvalue weighted by atomic mass is 10.0. The number of imidazole rings is 1. The fourth-order valence-electron chi connectivity index (χ4n) is 2.35. The molecule has 0 amide bonds. The molecular weight excluding hydrogens is 318 g/mol. The number of aromatic nitrogens is 3. The summed E-state index contributed by atoms with van der Waals surface area (Å²) in [6, 6.07) is 7.23. The highest BCUT2D eigenvalue weighted by atomic mass is 79.9. The van der Waals surface area contributed by atoms with Crippen LogP contribution < -0.4 is 0 Å². The highest BCUT2D eigenvalue weighted by Crippen LogP contribution is 2.36. The van der Waals surface area contributed by atoms with Crippen molar-refractivity contribution in [1.82, 2.24) is 14.4 Å². The van der Waals surface area contributed by atoms with E-state index in [-0.39, 0.29) is 11.7 Å². The van der Waals surface area contributed by atoms with E-state index < -0.39 is 0 Å². The summed E-state index contributed by atoms with van der Waals surface area (Å²) in [5.41, 5.74) is 2.53. The lowest BCUT2D eigenvalue weighted by Crippen LogP contribution is -1.97. The highest BCUT2D eigenvalue weighted by Gasteiger charge is 2.19. The molecule has 3 aromatic rings. The van der Waals surface area contributed by atoms with Gasteiger partial charge in [0.05, 0.1) is 11.4 Å². The summed E-state index contributed by atoms with van der Waals surface area (Å²) < 4.78 is 2.88. The Morgan fingerprint density at radius 1 is 1.30 bits per heavy atom. The van der Waals surface area contributed by atoms with Gasteiger partial charge in [-0.3, -0.25) is 4.40 Å². The molecule has 102 valence electrons. The summed E-state index contributed by atoms with van der Waals surface area (Å²) >= 11 is 3.44. The van der Waals surface area contributed by atoms with Gasteiger partial charge in [-0.25, -0.2) is 9.97 Å². The van der Waals surface area contributed by atoms with Crippen molar-refractivity contribution in [3.05, 3.63) is 46.8 Å². The maximum atomic E-state index is 10.1. The molecule has 0 bridgehead atoms. The van der Waals surface area contributed by atoms with Crippen molar-refractivity contribution in [3.8, 4) is 17.0 Å². The minimum Gasteiger partial charge on any atom is -0.507 e. The predicted octanol–water partition coefficient (Wildman–Crippen LogP) is 3.99. The first-order valence-corrected chi connectivity index (χ1v) is 7.19. The molecule has 3 rings (SSSR count). The van der Waals surface area contributed by atoms with E-state index in [2.05, 4.69) is 39.7 Å². The highest BCUT2D eigenvalue weighted by molar-refractivity contribution is 9.10. The fourth-order valence-corrected chi connectivity index (χ4v) is 2.71. The number of aromatic hydroxyl groups is 1. The third-order valence-corrected chi connectivity index (χ3v) is 3.69. The van der Waals surface area contributed by atoms with E-state index in [0.29, 0.717) is 11.3 Å². The van der Waals surface area contributed by atoms with Crippen LogP contribution in [0.15, 0.2) is 41.1 Å². The van der Waals surface area contributed by atoms with Gasteiger partial charge in [0.25, 0.3) is 0 Å². The minimum absolute atomic E-state index is 0.221. The third-order valence-electron chi connectivity index (χ3n) is 3.20. The molecule has 20 heavy (non-hydrogen) atoms. The molecule has 0 atom stereocenters. The molecule has 2 aromatic heterocycles. The SMILES string of the molecule is CC(C)c1c(-c2cc(Br)ccc2O)nc2ncccn12. The zero-order valence-corrected chi connectivity index (χ0v) is 12.8. The Labute approximate surface area is 125 Å². The van der Waals surface area contributed by atoms with E-state index >= 15 is 0 Å². The number of phenolic OH excluding ortho intramolecular Hbond substituents is 1. The zero-order chi connectivity index (χ0) is 14.3. The fraction of sp³-hybridized carbons (Fsp3) is 0.200. The van der Waals surface area contributed by atoms with Crippen LogP contribution in [-0.4, -0.2) is 19.5 Å². The third kappa shape index (κ3) is 2.08. The van der Waals surface area contributed by atoms with Crippen LogP contribution in [0.3, 0.4) is 0 Å². The average molecular weight is 332 g/mol. The number of halogens is 1. The summed E-state index contributed by atoms with van der Waals surface area (Å²) in [5.74, 6) is 1.13. The molecule has 5 heteroatoms. The first-order valence-electron chi connectivity index (χ1n) is 6.40. The molecule has 2 heterocycles. The van der Waals surface area contributed by atoms with Crippen LogP contribution in [0.5, 0.6) is 5.75 Å². The maximum absolute atomic E-state index is 10.1. The Morgan fingerprint density at radius 2 is 2.10 bits per heavy atom. The van der Waals surface area contributed by atoms with Crippen LogP contribution in [0.1, 0.15) is 25.5 Å². The van der Waals surface area contributed by atoms with Gasteiger partial charge in [0, 0.05) is 22.4 Å². The van der Waals surface area contributed by atoms with Crippen molar-refractivity contribution >= 4 is 21.7 Å². The van der Waals surface area contributed by atoms with Gasteiger partial charge in [-0.2, -0.15) is 0 Å². The summed E-state index contributed by atoms with van der Waals surface area (Å²) in [6.45, 7) is 4.21. The largest absolute Gasteiger partial charge is 0.507 e. The zero-order valence-electron chi connectivity index (χ0n) is 11.2. The van der Waals surface area contributed by atoms with Crippen LogP contribution in [0, 0.1) is 0 Å². The van der Waals surface area contributed by atoms with Gasteiger partial charge in [0.15, 0.2) is 0 Å². The van der Waals surface area contributed by atoms with Crippen molar-refractivity contribution < 1.29 is 5.11 Å². The normalized spacial score (nSPS) is 11.4. The molecule has 0 aliphatic carbocycles. The molecule has 0 radical (unpaired) electrons. The quantitative estimate of drug-likeness (QED) is 0.772. The lowest BCUT2D eigenvalue weighted by molar-refractivity contribution is 0.477. The van der Waals surface area contributed by atoms with Crippen LogP contribution in [0.4, 0.5) is 0 Å². The molecule has 0 aliphatic rings. The number of benzene rings is 1. The van der Waals surface area contributed by atoms with Crippen LogP contribution in [-0.2, 0) is 0 Å². The number of nitrogens with zero attached hydrogens (tertiary/aromatic N) is 3. The molecule has 1 N–H and O–H groups in total. The van der Waals surface area contributed by atoms with E-state index in [9.17, 15) is 5.11 Å². The Hall–Kier alpha value is -1.88. The monoisotopic (exact) mass is 331 g/mol. The maximum Gasteiger partial charge on any atom is 0.234 e. The van der Waals surface area contributed by atoms with Crippen LogP contribution >= 0.6 is 15.9 Å². The first-order chi connectivity index (χ1) is 9.58. The Morgan fingerprint density at radius 3 is 2.85 bits per heavy atom. The van der Waals surface area contributed by atoms with Gasteiger partial charge < -0.3 is 5.11 Å². The van der Waals surface area contributed by atoms with Crippen LogP contribution in [0.25, 0.3) is 17.0 Å². The molecule has 0 spiro atoms. The van der Waals surface area contributed by atoms with Gasteiger partial charge in [0.1, 0.15) is 5.75 Å². The van der Waals surface area contributed by atoms with Gasteiger partial charge in [0.2, 0.25) is 5.78 Å². The standard InChI is InChI=1S/C15H14BrN3O/c1-9(2)14-13(11-8-10(16)4-5-12(11)20)18-15-17-6-3-7-19(14)15/h3-9,20H,1-2H3. The predicted molar refractivity (Wildman–Crippen MR) is 81.9 cm³/mol. The topological polar surface area (TPSA) is 50.4 Å². The van der Waals surface area contributed by atoms with Gasteiger partial charge in [-0.1, -0.05) is 29.8 Å². The van der Waals surface area contributed by atoms with Crippen LogP contribution in [0.2, 0.25) is 0 Å². The summed E-state index contributed by atoms with van der Waals surface area (Å²) in [5, 5.41) is 10.1. The second kappa shape index (κ2) is 4.90. The second-order valence-electron chi connectivity index (χ2n) is 4.95. The van der Waals surface area contributed by atoms with E-state index in [0.717, 1.165) is 15.9 Å². The average Bonchev–Trinajstić information content (AvgIpc) is 2.80. The van der Waals surface area contributed by atoms with Gasteiger partial charge >= 0.3 is 0 Å². The van der Waals surface area contributed by atoms with Gasteiger partial charge in [-0.15, -0.1) is 0 Å². The summed E-state index contributed by atoms with van der Waals surface area (Å²) in [4.78, 5) is 8.86. The molecule has 1 aromatic carbocycles. The van der Waals surface area contributed by atoms with Crippen molar-refractivity contribution in [3.63, 3.8) is 0 Å². The molecule has 4 nitrogen and oxygen atoms in total. The summed E-state index contributed by atoms with van der Waals surface area (Å²) in [6.07, 6.45) is 3.67. The lowest BCUT2D eigenvalue weighted by Gasteiger charge is -2.09. The van der Waals surface area contributed by atoms with Crippen molar-refractivity contribution in [2.45, 2.75) is 19.8 Å². The molecular formula is C15H14BrN3O. The van der Waals surface area contributed by atoms with E-state index in [1.807, 2.05) is 28.8 Å². The molecule has 0 saturated heterocycles. The molecule has 0 aliphatic heterocycles. The van der Waals surface area contributed by atoms with E-state index in [1.54, 1.807) is 12.3 Å². The number of hydrogen-bond donors (Lipinski definition) is 1. The Kier molecular flexibility index (Phi) is 3.22. The first kappa shape index (κ1) is 13.1. The van der Waals surface area contributed by atoms with Gasteiger partial charge in [-0.05, 0) is 30.2 Å². The Balaban J connectivity index is 2.35. The minimum atomic E-state index is 0.221. The number of phenols is 1.